The third kappa shape index (κ3) is 6.11. The Bertz CT molecular complexity index is 746. The molecule has 1 aromatic heterocycles. The van der Waals surface area contributed by atoms with Crippen LogP contribution in [0.15, 0.2) is 29.3 Å². The van der Waals surface area contributed by atoms with Crippen LogP contribution in [0.1, 0.15) is 37.4 Å². The van der Waals surface area contributed by atoms with Crippen molar-refractivity contribution in [2.45, 2.75) is 39.5 Å². The predicted molar refractivity (Wildman–Crippen MR) is 131 cm³/mol. The highest BCUT2D eigenvalue weighted by atomic mass is 127. The van der Waals surface area contributed by atoms with Crippen LogP contribution in [-0.4, -0.2) is 55.6 Å². The second kappa shape index (κ2) is 11.7. The molecule has 0 bridgehead atoms. The van der Waals surface area contributed by atoms with E-state index in [1.54, 1.807) is 0 Å². The van der Waals surface area contributed by atoms with E-state index in [-0.39, 0.29) is 24.0 Å². The minimum absolute atomic E-state index is 0. The largest absolute Gasteiger partial charge is 0.358 e. The second-order valence-corrected chi connectivity index (χ2v) is 7.62. The molecule has 1 fully saturated rings. The molecule has 0 aliphatic carbocycles. The van der Waals surface area contributed by atoms with E-state index in [0.29, 0.717) is 0 Å². The van der Waals surface area contributed by atoms with E-state index in [4.69, 9.17) is 0 Å². The topological polar surface area (TPSA) is 55.4 Å². The van der Waals surface area contributed by atoms with Crippen molar-refractivity contribution >= 4 is 40.8 Å². The molecule has 2 heterocycles. The van der Waals surface area contributed by atoms with Crippen LogP contribution < -0.4 is 10.6 Å². The quantitative estimate of drug-likeness (QED) is 0.309. The van der Waals surface area contributed by atoms with Gasteiger partial charge in [0.15, 0.2) is 5.96 Å². The third-order valence-corrected chi connectivity index (χ3v) is 5.92. The molecule has 3 N–H and O–H groups in total. The zero-order valence-electron chi connectivity index (χ0n) is 17.6. The van der Waals surface area contributed by atoms with Gasteiger partial charge < -0.3 is 20.5 Å². The molecular formula is C22H36IN5. The highest BCUT2D eigenvalue weighted by Crippen LogP contribution is 2.22. The Labute approximate surface area is 186 Å². The first-order chi connectivity index (χ1) is 13.2. The maximum Gasteiger partial charge on any atom is 0.190 e. The number of fused-ring (bicyclic) bond motifs is 1. The molecule has 0 spiro atoms. The lowest BCUT2D eigenvalue weighted by molar-refractivity contribution is 0.187. The number of halogens is 1. The Balaban J connectivity index is 0.00000280. The third-order valence-electron chi connectivity index (χ3n) is 5.92. The van der Waals surface area contributed by atoms with Crippen molar-refractivity contribution in [3.63, 3.8) is 0 Å². The van der Waals surface area contributed by atoms with Crippen molar-refractivity contribution in [1.29, 1.82) is 0 Å². The molecule has 156 valence electrons. The SMILES string of the molecule is CCN1CCC(CCNC(=NC)NCCc2c(C)[nH]c3ccccc23)CC1.I. The number of hydrogen-bond acceptors (Lipinski definition) is 2. The lowest BCUT2D eigenvalue weighted by Crippen LogP contribution is -2.40. The van der Waals surface area contributed by atoms with Crippen LogP contribution in [-0.2, 0) is 6.42 Å². The van der Waals surface area contributed by atoms with Crippen LogP contribution in [0.5, 0.6) is 0 Å². The average molecular weight is 497 g/mol. The maximum atomic E-state index is 4.38. The Morgan fingerprint density at radius 1 is 1.18 bits per heavy atom. The van der Waals surface area contributed by atoms with Crippen LogP contribution in [0.3, 0.4) is 0 Å². The molecule has 3 rings (SSSR count). The number of para-hydroxylation sites is 1. The molecular weight excluding hydrogens is 461 g/mol. The van der Waals surface area contributed by atoms with Gasteiger partial charge in [-0.05, 0) is 69.8 Å². The number of likely N-dealkylation sites (tertiary alicyclic amines) is 1. The predicted octanol–water partition coefficient (Wildman–Crippen LogP) is 3.92. The number of rotatable bonds is 7. The van der Waals surface area contributed by atoms with E-state index in [2.05, 4.69) is 63.6 Å². The number of aliphatic imine (C=N–C) groups is 1. The van der Waals surface area contributed by atoms with Gasteiger partial charge in [-0.1, -0.05) is 25.1 Å². The van der Waals surface area contributed by atoms with E-state index in [1.165, 1.54) is 61.1 Å². The van der Waals surface area contributed by atoms with Crippen LogP contribution in [0.2, 0.25) is 0 Å². The molecule has 0 radical (unpaired) electrons. The molecule has 6 heteroatoms. The van der Waals surface area contributed by atoms with Gasteiger partial charge in [-0.2, -0.15) is 0 Å². The zero-order chi connectivity index (χ0) is 19.1. The van der Waals surface area contributed by atoms with Crippen molar-refractivity contribution in [3.05, 3.63) is 35.5 Å². The van der Waals surface area contributed by atoms with Crippen molar-refractivity contribution in [2.24, 2.45) is 10.9 Å². The molecule has 0 atom stereocenters. The lowest BCUT2D eigenvalue weighted by atomic mass is 9.93. The summed E-state index contributed by atoms with van der Waals surface area (Å²) in [4.78, 5) is 10.4. The summed E-state index contributed by atoms with van der Waals surface area (Å²) in [5, 5.41) is 8.29. The standard InChI is InChI=1S/C22H35N5.HI/c1-4-27-15-11-18(12-16-27)9-13-24-22(23-3)25-14-10-19-17(2)26-21-8-6-5-7-20(19)21;/h5-8,18,26H,4,9-16H2,1-3H3,(H2,23,24,25);1H. The fourth-order valence-electron chi connectivity index (χ4n) is 4.17. The zero-order valence-corrected chi connectivity index (χ0v) is 19.9. The fourth-order valence-corrected chi connectivity index (χ4v) is 4.17. The fraction of sp³-hybridized carbons (Fsp3) is 0.591. The number of H-pyrrole nitrogens is 1. The molecule has 5 nitrogen and oxygen atoms in total. The monoisotopic (exact) mass is 497 g/mol. The average Bonchev–Trinajstić information content (AvgIpc) is 3.02. The minimum Gasteiger partial charge on any atom is -0.358 e. The first-order valence-electron chi connectivity index (χ1n) is 10.4. The van der Waals surface area contributed by atoms with Gasteiger partial charge in [0.25, 0.3) is 0 Å². The summed E-state index contributed by atoms with van der Waals surface area (Å²) in [5.41, 5.74) is 3.89. The van der Waals surface area contributed by atoms with Gasteiger partial charge in [-0.25, -0.2) is 0 Å². The molecule has 28 heavy (non-hydrogen) atoms. The summed E-state index contributed by atoms with van der Waals surface area (Å²) in [6.07, 6.45) is 4.90. The smallest absolute Gasteiger partial charge is 0.190 e. The highest BCUT2D eigenvalue weighted by Gasteiger charge is 2.17. The van der Waals surface area contributed by atoms with E-state index in [9.17, 15) is 0 Å². The molecule has 1 aliphatic rings. The molecule has 0 amide bonds. The lowest BCUT2D eigenvalue weighted by Gasteiger charge is -2.31. The van der Waals surface area contributed by atoms with Gasteiger partial charge in [0.1, 0.15) is 0 Å². The van der Waals surface area contributed by atoms with Gasteiger partial charge in [-0.15, -0.1) is 24.0 Å². The normalized spacial score (nSPS) is 16.2. The number of guanidine groups is 1. The second-order valence-electron chi connectivity index (χ2n) is 7.62. The number of nitrogens with zero attached hydrogens (tertiary/aromatic N) is 2. The van der Waals surface area contributed by atoms with Crippen LogP contribution in [0.4, 0.5) is 0 Å². The van der Waals surface area contributed by atoms with E-state index < -0.39 is 0 Å². The summed E-state index contributed by atoms with van der Waals surface area (Å²) in [7, 11) is 1.85. The van der Waals surface area contributed by atoms with Gasteiger partial charge in [0.2, 0.25) is 0 Å². The van der Waals surface area contributed by atoms with Gasteiger partial charge in [0.05, 0.1) is 0 Å². The molecule has 0 saturated carbocycles. The number of hydrogen-bond donors (Lipinski definition) is 3. The van der Waals surface area contributed by atoms with E-state index in [1.807, 2.05) is 7.05 Å². The summed E-state index contributed by atoms with van der Waals surface area (Å²) in [6, 6.07) is 8.53. The number of aryl methyl sites for hydroxylation is 1. The number of benzene rings is 1. The summed E-state index contributed by atoms with van der Waals surface area (Å²) >= 11 is 0. The number of aromatic nitrogens is 1. The highest BCUT2D eigenvalue weighted by molar-refractivity contribution is 14.0. The Kier molecular flexibility index (Phi) is 9.58. The summed E-state index contributed by atoms with van der Waals surface area (Å²) in [5.74, 6) is 1.77. The van der Waals surface area contributed by atoms with Gasteiger partial charge >= 0.3 is 0 Å². The van der Waals surface area contributed by atoms with Crippen LogP contribution in [0, 0.1) is 12.8 Å². The maximum absolute atomic E-state index is 4.38. The summed E-state index contributed by atoms with van der Waals surface area (Å²) < 4.78 is 0. The van der Waals surface area contributed by atoms with E-state index in [0.717, 1.165) is 31.4 Å². The van der Waals surface area contributed by atoms with Gasteiger partial charge in [-0.3, -0.25) is 4.99 Å². The van der Waals surface area contributed by atoms with Crippen LogP contribution in [0.25, 0.3) is 10.9 Å². The van der Waals surface area contributed by atoms with Crippen LogP contribution >= 0.6 is 24.0 Å². The first kappa shape index (κ1) is 23.0. The molecule has 1 aromatic carbocycles. The number of nitrogens with one attached hydrogen (secondary N) is 3. The van der Waals surface area contributed by atoms with Crippen molar-refractivity contribution in [3.8, 4) is 0 Å². The number of piperidine rings is 1. The first-order valence-corrected chi connectivity index (χ1v) is 10.4. The molecule has 1 saturated heterocycles. The molecule has 1 aliphatic heterocycles. The Hall–Kier alpha value is -1.28. The van der Waals surface area contributed by atoms with E-state index >= 15 is 0 Å². The van der Waals surface area contributed by atoms with Crippen molar-refractivity contribution in [1.82, 2.24) is 20.5 Å². The summed E-state index contributed by atoms with van der Waals surface area (Å²) in [6.45, 7) is 10.0. The van der Waals surface area contributed by atoms with Gasteiger partial charge in [0, 0.05) is 36.7 Å². The van der Waals surface area contributed by atoms with Crippen molar-refractivity contribution in [2.75, 3.05) is 39.8 Å². The molecule has 0 unspecified atom stereocenters. The Morgan fingerprint density at radius 3 is 2.61 bits per heavy atom. The molecule has 2 aromatic rings. The minimum atomic E-state index is 0. The van der Waals surface area contributed by atoms with Crippen molar-refractivity contribution < 1.29 is 0 Å². The number of aromatic amines is 1. The Morgan fingerprint density at radius 2 is 1.89 bits per heavy atom.